The quantitative estimate of drug-likeness (QED) is 0.422. The molecule has 0 saturated carbocycles. The van der Waals surface area contributed by atoms with Crippen LogP contribution >= 0.6 is 17.7 Å². The molecule has 0 aromatic rings. The molecule has 0 bridgehead atoms. The summed E-state index contributed by atoms with van der Waals surface area (Å²) in [6.07, 6.45) is 0. The van der Waals surface area contributed by atoms with Gasteiger partial charge in [-0.15, -0.1) is 0 Å². The van der Waals surface area contributed by atoms with Crippen LogP contribution in [0.2, 0.25) is 0 Å². The minimum atomic E-state index is -2.11. The van der Waals surface area contributed by atoms with Crippen molar-refractivity contribution in [3.63, 3.8) is 0 Å². The summed E-state index contributed by atoms with van der Waals surface area (Å²) in [7, 11) is 0. The zero-order valence-electron chi connectivity index (χ0n) is 2.27. The molecule has 0 fully saturated rings. The van der Waals surface area contributed by atoms with Crippen LogP contribution in [-0.2, 0) is 0 Å². The fraction of sp³-hybridized carbons (Fsp3) is 0. The number of hydrogen-bond donors (Lipinski definition) is 0. The Morgan fingerprint density at radius 3 is 1.00 bits per heavy atom. The monoisotopic (exact) mass is 568 g/mol. The summed E-state index contributed by atoms with van der Waals surface area (Å²) < 4.78 is 0. The van der Waals surface area contributed by atoms with Gasteiger partial charge in [0.25, 0.3) is 0 Å². The molecule has 0 amide bonds. The third kappa shape index (κ3) is 22.9. The van der Waals surface area contributed by atoms with Gasteiger partial charge in [0.15, 0.2) is 0 Å². The Balaban J connectivity index is -0.0000000450. The van der Waals surface area contributed by atoms with Crippen molar-refractivity contribution < 1.29 is 119 Å². The Hall–Kier alpha value is 5.12. The second-order valence-corrected chi connectivity index (χ2v) is 11.7. The predicted octanol–water partition coefficient (Wildman–Crippen LogP) is 2.07. The molecule has 0 spiro atoms. The van der Waals surface area contributed by atoms with Gasteiger partial charge in [0.1, 0.15) is 0 Å². The van der Waals surface area contributed by atoms with Crippen LogP contribution in [0, 0.1) is 119 Å². The normalized spacial score (nSPS) is 6.00. The van der Waals surface area contributed by atoms with E-state index in [1.807, 2.05) is 0 Å². The Labute approximate surface area is 131 Å². The minimum absolute atomic E-state index is 0. The third-order valence-corrected chi connectivity index (χ3v) is 0. The van der Waals surface area contributed by atoms with Gasteiger partial charge in [0.05, 0.1) is 0 Å². The second kappa shape index (κ2) is 12.8. The molecule has 6 heteroatoms. The molecule has 0 aromatic carbocycles. The standard InChI is InChI=1S/3ClH.Eu.Gd.Sm/h3*1H;;;/q;;;;;+3/p-3. The first-order valence-electron chi connectivity index (χ1n) is 0.463. The molecule has 0 saturated heterocycles. The van der Waals surface area contributed by atoms with Crippen molar-refractivity contribution in [1.82, 2.24) is 0 Å². The molecule has 0 aliphatic rings. The van der Waals surface area contributed by atoms with Gasteiger partial charge < -0.3 is 0 Å². The van der Waals surface area contributed by atoms with Crippen LogP contribution in [0.4, 0.5) is 0 Å². The van der Waals surface area contributed by atoms with Gasteiger partial charge in [-0.3, -0.25) is 0 Å². The van der Waals surface area contributed by atoms with E-state index in [1.165, 1.54) is 0 Å². The van der Waals surface area contributed by atoms with E-state index >= 15 is 0 Å². The van der Waals surface area contributed by atoms with E-state index in [9.17, 15) is 0 Å². The summed E-state index contributed by atoms with van der Waals surface area (Å²) in [6.45, 7) is 0. The molecule has 1 radical (unpaired) electrons. The molecular weight excluding hydrogens is 566 g/mol. The van der Waals surface area contributed by atoms with Gasteiger partial charge in [-0.2, -0.15) is 0 Å². The van der Waals surface area contributed by atoms with E-state index in [4.69, 9.17) is 17.7 Å². The largest absolute Gasteiger partial charge is 0 e. The summed E-state index contributed by atoms with van der Waals surface area (Å²) in [6, 6.07) is 0. The number of halogens is 3. The summed E-state index contributed by atoms with van der Waals surface area (Å²) in [5.41, 5.74) is 0. The van der Waals surface area contributed by atoms with Crippen LogP contribution in [0.3, 0.4) is 0 Å². The summed E-state index contributed by atoms with van der Waals surface area (Å²) in [5, 5.41) is 0. The smallest absolute Gasteiger partial charge is 0 e. The Morgan fingerprint density at radius 2 is 1.00 bits per heavy atom. The van der Waals surface area contributed by atoms with E-state index in [1.54, 1.807) is 0 Å². The van der Waals surface area contributed by atoms with Crippen molar-refractivity contribution in [3.8, 4) is 0 Å². The van der Waals surface area contributed by atoms with Crippen LogP contribution in [0.5, 0.6) is 0 Å². The average Bonchev–Trinajstić information content (AvgIpc) is 0.811. The van der Waals surface area contributed by atoms with E-state index < -0.39 is 29.6 Å². The first kappa shape index (κ1) is 17.3. The van der Waals surface area contributed by atoms with E-state index in [2.05, 4.69) is 0 Å². The molecule has 0 atom stereocenters. The SMILES string of the molecule is [Cl][Sm]([Cl])[Cl].[Eu].[Gd]. The van der Waals surface area contributed by atoms with Gasteiger partial charge in [-0.25, -0.2) is 0 Å². The molecule has 42 valence electrons. The number of hydrogen-bond acceptors (Lipinski definition) is 0. The van der Waals surface area contributed by atoms with Crippen molar-refractivity contribution in [2.45, 2.75) is 0 Å². The van der Waals surface area contributed by atoms with Gasteiger partial charge in [0.2, 0.25) is 0 Å². The molecule has 0 N–H and O–H groups in total. The number of rotatable bonds is 0. The average molecular weight is 566 g/mol. The summed E-state index contributed by atoms with van der Waals surface area (Å²) >= 11 is -2.11. The molecule has 0 heterocycles. The first-order valence-corrected chi connectivity index (χ1v) is 10.3. The Morgan fingerprint density at radius 1 is 1.00 bits per heavy atom. The topological polar surface area (TPSA) is 0 Å². The van der Waals surface area contributed by atoms with E-state index in [0.717, 1.165) is 0 Å². The van der Waals surface area contributed by atoms with E-state index in [0.29, 0.717) is 0 Å². The fourth-order valence-electron chi connectivity index (χ4n) is 0. The maximum atomic E-state index is 5.00. The zero-order chi connectivity index (χ0) is 3.58. The molecule has 0 nitrogen and oxygen atoms in total. The van der Waals surface area contributed by atoms with Crippen LogP contribution in [0.25, 0.3) is 0 Å². The first-order chi connectivity index (χ1) is 1.73. The molecule has 0 aliphatic carbocycles. The van der Waals surface area contributed by atoms with E-state index in [-0.39, 0.29) is 89.3 Å². The molecule has 0 unspecified atom stereocenters. The van der Waals surface area contributed by atoms with Gasteiger partial charge in [-0.1, -0.05) is 0 Å². The Kier molecular flexibility index (Phi) is 36.7. The van der Waals surface area contributed by atoms with Crippen LogP contribution in [0.1, 0.15) is 0 Å². The van der Waals surface area contributed by atoms with Gasteiger partial charge in [0, 0.05) is 89.3 Å². The molecular formula is Cl3EuGdSm. The van der Waals surface area contributed by atoms with Crippen molar-refractivity contribution >= 4 is 17.7 Å². The van der Waals surface area contributed by atoms with Crippen LogP contribution < -0.4 is 0 Å². The van der Waals surface area contributed by atoms with Crippen molar-refractivity contribution in [3.05, 3.63) is 0 Å². The second-order valence-electron chi connectivity index (χ2n) is 0.175. The summed E-state index contributed by atoms with van der Waals surface area (Å²) in [5.74, 6) is 15.0. The maximum Gasteiger partial charge on any atom is 0 e. The third-order valence-electron chi connectivity index (χ3n) is 0. The minimum Gasteiger partial charge on any atom is 0 e. The van der Waals surface area contributed by atoms with Crippen LogP contribution in [-0.4, -0.2) is 0 Å². The molecule has 0 aromatic heterocycles. The van der Waals surface area contributed by atoms with Gasteiger partial charge >= 0.3 is 47.2 Å². The van der Waals surface area contributed by atoms with Crippen molar-refractivity contribution in [2.24, 2.45) is 0 Å². The zero-order valence-corrected chi connectivity index (χ0v) is 11.9. The maximum absolute atomic E-state index is 5.00. The fourth-order valence-corrected chi connectivity index (χ4v) is 0. The van der Waals surface area contributed by atoms with Crippen molar-refractivity contribution in [2.75, 3.05) is 0 Å². The van der Waals surface area contributed by atoms with Crippen molar-refractivity contribution in [1.29, 1.82) is 0 Å². The molecule has 0 aliphatic heterocycles. The molecule has 0 rings (SSSR count). The van der Waals surface area contributed by atoms with Gasteiger partial charge in [-0.05, 0) is 0 Å². The Bertz CT molecular complexity index is 15.5. The predicted molar refractivity (Wildman–Crippen MR) is 17.6 cm³/mol. The van der Waals surface area contributed by atoms with Crippen LogP contribution in [0.15, 0.2) is 0 Å². The summed E-state index contributed by atoms with van der Waals surface area (Å²) in [4.78, 5) is 0. The molecule has 6 heavy (non-hydrogen) atoms.